The number of carbonyl (C=O) groups excluding carboxylic acids is 1. The van der Waals surface area contributed by atoms with Crippen molar-refractivity contribution < 1.29 is 17.9 Å². The Hall–Kier alpha value is -1.38. The molecule has 0 saturated heterocycles. The highest BCUT2D eigenvalue weighted by atomic mass is 79.9. The number of thiophene rings is 1. The third-order valence-corrected chi connectivity index (χ3v) is 5.88. The van der Waals surface area contributed by atoms with Gasteiger partial charge in [-0.1, -0.05) is 0 Å². The van der Waals surface area contributed by atoms with Crippen molar-refractivity contribution in [2.24, 2.45) is 0 Å². The molecule has 0 aliphatic rings. The van der Waals surface area contributed by atoms with Crippen LogP contribution in [0.3, 0.4) is 0 Å². The van der Waals surface area contributed by atoms with E-state index in [-0.39, 0.29) is 4.90 Å². The molecule has 0 aliphatic heterocycles. The minimum absolute atomic E-state index is 0.233. The van der Waals surface area contributed by atoms with E-state index in [2.05, 4.69) is 25.4 Å². The van der Waals surface area contributed by atoms with Gasteiger partial charge < -0.3 is 4.74 Å². The van der Waals surface area contributed by atoms with Crippen molar-refractivity contribution in [3.63, 3.8) is 0 Å². The zero-order chi connectivity index (χ0) is 15.6. The number of hydrogen-bond acceptors (Lipinski definition) is 5. The van der Waals surface area contributed by atoms with Crippen LogP contribution in [-0.4, -0.2) is 21.5 Å². The summed E-state index contributed by atoms with van der Waals surface area (Å²) in [5.74, 6) is -0.470. The number of benzene rings is 1. The maximum Gasteiger partial charge on any atom is 0.337 e. The van der Waals surface area contributed by atoms with Crippen LogP contribution in [0.5, 0.6) is 0 Å². The predicted molar refractivity (Wildman–Crippen MR) is 85.3 cm³/mol. The van der Waals surface area contributed by atoms with Crippen molar-refractivity contribution in [2.45, 2.75) is 11.8 Å². The predicted octanol–water partition coefficient (Wildman–Crippen LogP) is 3.41. The van der Waals surface area contributed by atoms with Crippen molar-refractivity contribution in [3.8, 4) is 0 Å². The zero-order valence-electron chi connectivity index (χ0n) is 11.2. The van der Waals surface area contributed by atoms with Gasteiger partial charge in [-0.25, -0.2) is 13.2 Å². The Labute approximate surface area is 135 Å². The Morgan fingerprint density at radius 3 is 2.38 bits per heavy atom. The average Bonchev–Trinajstić information content (AvgIpc) is 2.78. The van der Waals surface area contributed by atoms with Gasteiger partial charge in [0, 0.05) is 10.6 Å². The highest BCUT2D eigenvalue weighted by Gasteiger charge is 2.19. The van der Waals surface area contributed by atoms with Gasteiger partial charge in [0.2, 0.25) is 0 Å². The number of ether oxygens (including phenoxy) is 1. The molecule has 0 fully saturated rings. The highest BCUT2D eigenvalue weighted by Crippen LogP contribution is 2.30. The molecule has 0 saturated carbocycles. The number of halogens is 1. The first-order valence-corrected chi connectivity index (χ1v) is 8.90. The van der Waals surface area contributed by atoms with Crippen LogP contribution in [0, 0.1) is 6.92 Å². The number of sulfonamides is 1. The Morgan fingerprint density at radius 2 is 1.90 bits per heavy atom. The summed E-state index contributed by atoms with van der Waals surface area (Å²) in [6, 6.07) is 7.59. The van der Waals surface area contributed by atoms with Gasteiger partial charge in [0.1, 0.15) is 4.90 Å². The van der Waals surface area contributed by atoms with Crippen molar-refractivity contribution in [1.29, 1.82) is 0 Å². The SMILES string of the molecule is COC(=O)c1ccc(NS(=O)(=O)c2cc(Br)sc2C)cc1. The summed E-state index contributed by atoms with van der Waals surface area (Å²) in [5.41, 5.74) is 0.735. The monoisotopic (exact) mass is 389 g/mol. The van der Waals surface area contributed by atoms with Crippen LogP contribution in [0.4, 0.5) is 5.69 Å². The van der Waals surface area contributed by atoms with E-state index in [0.29, 0.717) is 16.1 Å². The van der Waals surface area contributed by atoms with Gasteiger partial charge in [-0.05, 0) is 53.2 Å². The molecule has 21 heavy (non-hydrogen) atoms. The molecule has 0 aliphatic carbocycles. The highest BCUT2D eigenvalue weighted by molar-refractivity contribution is 9.11. The molecule has 1 N–H and O–H groups in total. The zero-order valence-corrected chi connectivity index (χ0v) is 14.4. The fourth-order valence-corrected chi connectivity index (χ4v) is 5.17. The molecular formula is C13H12BrNO4S2. The summed E-state index contributed by atoms with van der Waals surface area (Å²) in [4.78, 5) is 12.2. The van der Waals surface area contributed by atoms with E-state index < -0.39 is 16.0 Å². The van der Waals surface area contributed by atoms with Crippen molar-refractivity contribution >= 4 is 48.9 Å². The van der Waals surface area contributed by atoms with Gasteiger partial charge >= 0.3 is 5.97 Å². The van der Waals surface area contributed by atoms with Gasteiger partial charge in [-0.2, -0.15) is 0 Å². The molecule has 0 atom stereocenters. The largest absolute Gasteiger partial charge is 0.465 e. The van der Waals surface area contributed by atoms with E-state index in [9.17, 15) is 13.2 Å². The summed E-state index contributed by atoms with van der Waals surface area (Å²) in [6.45, 7) is 1.74. The van der Waals surface area contributed by atoms with E-state index in [1.54, 1.807) is 13.0 Å². The fraction of sp³-hybridized carbons (Fsp3) is 0.154. The van der Waals surface area contributed by atoms with Crippen LogP contribution in [0.15, 0.2) is 39.0 Å². The van der Waals surface area contributed by atoms with Gasteiger partial charge in [-0.3, -0.25) is 4.72 Å². The van der Waals surface area contributed by atoms with Crippen LogP contribution in [0.25, 0.3) is 0 Å². The molecule has 1 aromatic carbocycles. The second-order valence-electron chi connectivity index (χ2n) is 4.15. The van der Waals surface area contributed by atoms with E-state index in [1.165, 1.54) is 42.7 Å². The molecule has 112 valence electrons. The molecule has 2 aromatic rings. The molecule has 0 amide bonds. The molecule has 5 nitrogen and oxygen atoms in total. The van der Waals surface area contributed by atoms with Crippen molar-refractivity contribution in [1.82, 2.24) is 0 Å². The topological polar surface area (TPSA) is 72.5 Å². The minimum atomic E-state index is -3.65. The van der Waals surface area contributed by atoms with Gasteiger partial charge in [0.15, 0.2) is 0 Å². The second kappa shape index (κ2) is 6.17. The van der Waals surface area contributed by atoms with Crippen LogP contribution in [0.2, 0.25) is 0 Å². The number of carbonyl (C=O) groups is 1. The number of esters is 1. The smallest absolute Gasteiger partial charge is 0.337 e. The normalized spacial score (nSPS) is 11.2. The number of nitrogens with one attached hydrogen (secondary N) is 1. The first-order chi connectivity index (χ1) is 9.83. The van der Waals surface area contributed by atoms with Crippen LogP contribution < -0.4 is 4.72 Å². The van der Waals surface area contributed by atoms with E-state index in [0.717, 1.165) is 3.79 Å². The third kappa shape index (κ3) is 3.63. The summed E-state index contributed by atoms with van der Waals surface area (Å²) in [5, 5.41) is 0. The van der Waals surface area contributed by atoms with Crippen LogP contribution >= 0.6 is 27.3 Å². The molecule has 0 spiro atoms. The quantitative estimate of drug-likeness (QED) is 0.813. The first-order valence-electron chi connectivity index (χ1n) is 5.80. The molecule has 0 unspecified atom stereocenters. The van der Waals surface area contributed by atoms with Gasteiger partial charge in [0.05, 0.1) is 16.5 Å². The maximum absolute atomic E-state index is 12.3. The molecular weight excluding hydrogens is 378 g/mol. The lowest BCUT2D eigenvalue weighted by atomic mass is 10.2. The molecule has 2 rings (SSSR count). The van der Waals surface area contributed by atoms with Crippen molar-refractivity contribution in [3.05, 3.63) is 44.6 Å². The maximum atomic E-state index is 12.3. The molecule has 8 heteroatoms. The number of rotatable bonds is 4. The summed E-state index contributed by atoms with van der Waals surface area (Å²) in [6.07, 6.45) is 0. The number of hydrogen-bond donors (Lipinski definition) is 1. The Morgan fingerprint density at radius 1 is 1.29 bits per heavy atom. The standard InChI is InChI=1S/C13H12BrNO4S2/c1-8-11(7-12(14)20-8)21(17,18)15-10-5-3-9(4-6-10)13(16)19-2/h3-7,15H,1-2H3. The number of aryl methyl sites for hydroxylation is 1. The molecule has 0 bridgehead atoms. The first kappa shape index (κ1) is 16.0. The summed E-state index contributed by atoms with van der Waals surface area (Å²) < 4.78 is 32.4. The Bertz CT molecular complexity index is 766. The molecule has 1 heterocycles. The van der Waals surface area contributed by atoms with Crippen molar-refractivity contribution in [2.75, 3.05) is 11.8 Å². The minimum Gasteiger partial charge on any atom is -0.465 e. The van der Waals surface area contributed by atoms with E-state index in [4.69, 9.17) is 0 Å². The fourth-order valence-electron chi connectivity index (χ4n) is 1.70. The molecule has 0 radical (unpaired) electrons. The number of methoxy groups -OCH3 is 1. The number of anilines is 1. The van der Waals surface area contributed by atoms with E-state index >= 15 is 0 Å². The summed E-state index contributed by atoms with van der Waals surface area (Å²) >= 11 is 4.62. The van der Waals surface area contributed by atoms with Crippen LogP contribution in [0.1, 0.15) is 15.2 Å². The van der Waals surface area contributed by atoms with E-state index in [1.807, 2.05) is 0 Å². The second-order valence-corrected chi connectivity index (χ2v) is 8.43. The summed E-state index contributed by atoms with van der Waals surface area (Å²) in [7, 11) is -2.36. The van der Waals surface area contributed by atoms with Gasteiger partial charge in [0.25, 0.3) is 10.0 Å². The van der Waals surface area contributed by atoms with Crippen LogP contribution in [-0.2, 0) is 14.8 Å². The average molecular weight is 390 g/mol. The third-order valence-electron chi connectivity index (χ3n) is 2.69. The lowest BCUT2D eigenvalue weighted by Crippen LogP contribution is -2.13. The lowest BCUT2D eigenvalue weighted by Gasteiger charge is -2.08. The molecule has 1 aromatic heterocycles. The Kier molecular flexibility index (Phi) is 4.70. The van der Waals surface area contributed by atoms with Gasteiger partial charge in [-0.15, -0.1) is 11.3 Å². The lowest BCUT2D eigenvalue weighted by molar-refractivity contribution is 0.0601. The Balaban J connectivity index is 2.25.